The van der Waals surface area contributed by atoms with E-state index in [1.807, 2.05) is 0 Å². The van der Waals surface area contributed by atoms with Crippen LogP contribution in [0.25, 0.3) is 0 Å². The largest absolute Gasteiger partial charge is 0.365 e. The topological polar surface area (TPSA) is 29.5 Å². The number of fused-ring (bicyclic) bond motifs is 2. The van der Waals surface area contributed by atoms with E-state index in [1.54, 1.807) is 0 Å². The predicted molar refractivity (Wildman–Crippen MR) is 46.6 cm³/mol. The SMILES string of the molecule is CC1CC2CCC(O)(O2)C1(C)C. The van der Waals surface area contributed by atoms with Crippen molar-refractivity contribution in [3.63, 3.8) is 0 Å². The van der Waals surface area contributed by atoms with Gasteiger partial charge in [0.25, 0.3) is 0 Å². The predicted octanol–water partition coefficient (Wildman–Crippen LogP) is 1.92. The molecule has 2 aliphatic rings. The minimum Gasteiger partial charge on any atom is -0.365 e. The van der Waals surface area contributed by atoms with Crippen molar-refractivity contribution >= 4 is 0 Å². The number of rotatable bonds is 0. The normalized spacial score (nSPS) is 51.0. The van der Waals surface area contributed by atoms with Crippen LogP contribution in [0.2, 0.25) is 0 Å². The Morgan fingerprint density at radius 1 is 1.42 bits per heavy atom. The highest BCUT2D eigenvalue weighted by Gasteiger charge is 2.56. The van der Waals surface area contributed by atoms with E-state index in [-0.39, 0.29) is 5.41 Å². The Balaban J connectivity index is 2.32. The molecular weight excluding hydrogens is 152 g/mol. The van der Waals surface area contributed by atoms with Gasteiger partial charge < -0.3 is 9.84 Å². The molecule has 0 saturated carbocycles. The van der Waals surface area contributed by atoms with Gasteiger partial charge in [-0.3, -0.25) is 0 Å². The summed E-state index contributed by atoms with van der Waals surface area (Å²) in [7, 11) is 0. The van der Waals surface area contributed by atoms with Crippen molar-refractivity contribution in [3.05, 3.63) is 0 Å². The molecular formula is C10H18O2. The van der Waals surface area contributed by atoms with Gasteiger partial charge in [0.15, 0.2) is 5.79 Å². The van der Waals surface area contributed by atoms with Gasteiger partial charge in [-0.2, -0.15) is 0 Å². The third-order valence-corrected chi connectivity index (χ3v) is 4.02. The highest BCUT2D eigenvalue weighted by molar-refractivity contribution is 4.99. The number of aliphatic hydroxyl groups is 1. The van der Waals surface area contributed by atoms with E-state index >= 15 is 0 Å². The zero-order valence-electron chi connectivity index (χ0n) is 8.13. The molecule has 2 fully saturated rings. The average Bonchev–Trinajstić information content (AvgIpc) is 2.29. The Morgan fingerprint density at radius 2 is 2.08 bits per heavy atom. The molecule has 0 aromatic heterocycles. The first-order valence-corrected chi connectivity index (χ1v) is 4.86. The summed E-state index contributed by atoms with van der Waals surface area (Å²) >= 11 is 0. The fourth-order valence-electron chi connectivity index (χ4n) is 2.46. The first-order chi connectivity index (χ1) is 5.46. The van der Waals surface area contributed by atoms with Crippen molar-refractivity contribution in [1.82, 2.24) is 0 Å². The molecule has 2 heterocycles. The molecule has 0 radical (unpaired) electrons. The molecule has 12 heavy (non-hydrogen) atoms. The lowest BCUT2D eigenvalue weighted by atomic mass is 9.70. The monoisotopic (exact) mass is 170 g/mol. The van der Waals surface area contributed by atoms with Gasteiger partial charge in [-0.1, -0.05) is 20.8 Å². The molecule has 0 aromatic rings. The van der Waals surface area contributed by atoms with Crippen LogP contribution in [0.1, 0.15) is 40.0 Å². The van der Waals surface area contributed by atoms with Crippen LogP contribution >= 0.6 is 0 Å². The molecule has 0 spiro atoms. The summed E-state index contributed by atoms with van der Waals surface area (Å²) in [5, 5.41) is 10.2. The molecule has 2 rings (SSSR count). The molecule has 1 N–H and O–H groups in total. The molecule has 3 atom stereocenters. The second-order valence-electron chi connectivity index (χ2n) is 4.92. The standard InChI is InChI=1S/C10H18O2/c1-7-6-8-4-5-10(11,12-8)9(7,2)3/h7-8,11H,4-6H2,1-3H3. The molecule has 0 aromatic carbocycles. The molecule has 0 amide bonds. The first kappa shape index (κ1) is 8.52. The Labute approximate surface area is 73.9 Å². The summed E-state index contributed by atoms with van der Waals surface area (Å²) in [5.74, 6) is -0.279. The van der Waals surface area contributed by atoms with Crippen molar-refractivity contribution < 1.29 is 9.84 Å². The van der Waals surface area contributed by atoms with Crippen molar-refractivity contribution in [1.29, 1.82) is 0 Å². The van der Waals surface area contributed by atoms with Crippen LogP contribution in [0, 0.1) is 11.3 Å². The van der Waals surface area contributed by atoms with Gasteiger partial charge in [-0.15, -0.1) is 0 Å². The maximum absolute atomic E-state index is 10.2. The van der Waals surface area contributed by atoms with Gasteiger partial charge in [0.05, 0.1) is 6.10 Å². The van der Waals surface area contributed by atoms with Gasteiger partial charge >= 0.3 is 0 Å². The minimum absolute atomic E-state index is 0.0833. The summed E-state index contributed by atoms with van der Waals surface area (Å²) in [4.78, 5) is 0. The van der Waals surface area contributed by atoms with E-state index in [9.17, 15) is 5.11 Å². The zero-order chi connectivity index (χ0) is 8.98. The summed E-state index contributed by atoms with van der Waals surface area (Å²) in [6.07, 6.45) is 3.27. The van der Waals surface area contributed by atoms with E-state index in [2.05, 4.69) is 20.8 Å². The molecule has 2 aliphatic heterocycles. The zero-order valence-corrected chi connectivity index (χ0v) is 8.13. The van der Waals surface area contributed by atoms with Gasteiger partial charge in [0, 0.05) is 11.8 Å². The van der Waals surface area contributed by atoms with Gasteiger partial charge in [0.1, 0.15) is 0 Å². The molecule has 3 unspecified atom stereocenters. The van der Waals surface area contributed by atoms with Crippen molar-refractivity contribution in [2.24, 2.45) is 11.3 Å². The third kappa shape index (κ3) is 0.882. The lowest BCUT2D eigenvalue weighted by Crippen LogP contribution is -2.52. The van der Waals surface area contributed by atoms with Crippen molar-refractivity contribution in [3.8, 4) is 0 Å². The van der Waals surface area contributed by atoms with Crippen molar-refractivity contribution in [2.75, 3.05) is 0 Å². The second kappa shape index (κ2) is 2.24. The Hall–Kier alpha value is -0.0800. The first-order valence-electron chi connectivity index (χ1n) is 4.86. The molecule has 70 valence electrons. The minimum atomic E-state index is -0.838. The van der Waals surface area contributed by atoms with Crippen LogP contribution in [0.3, 0.4) is 0 Å². The smallest absolute Gasteiger partial charge is 0.171 e. The number of hydrogen-bond acceptors (Lipinski definition) is 2. The van der Waals surface area contributed by atoms with Gasteiger partial charge in [0.2, 0.25) is 0 Å². The lowest BCUT2D eigenvalue weighted by Gasteiger charge is -2.47. The highest BCUT2D eigenvalue weighted by Crippen LogP contribution is 2.53. The van der Waals surface area contributed by atoms with Crippen LogP contribution < -0.4 is 0 Å². The molecule has 2 nitrogen and oxygen atoms in total. The highest BCUT2D eigenvalue weighted by atomic mass is 16.6. The summed E-state index contributed by atoms with van der Waals surface area (Å²) in [5.41, 5.74) is -0.0833. The number of hydrogen-bond donors (Lipinski definition) is 1. The fraction of sp³-hybridized carbons (Fsp3) is 1.00. The van der Waals surface area contributed by atoms with Gasteiger partial charge in [-0.25, -0.2) is 0 Å². The van der Waals surface area contributed by atoms with E-state index in [4.69, 9.17) is 4.74 Å². The third-order valence-electron chi connectivity index (χ3n) is 4.02. The Morgan fingerprint density at radius 3 is 2.75 bits per heavy atom. The average molecular weight is 170 g/mol. The van der Waals surface area contributed by atoms with Crippen LogP contribution in [0.5, 0.6) is 0 Å². The molecule has 0 aliphatic carbocycles. The maximum atomic E-state index is 10.2. The second-order valence-corrected chi connectivity index (χ2v) is 4.92. The van der Waals surface area contributed by atoms with Gasteiger partial charge in [-0.05, 0) is 18.8 Å². The maximum Gasteiger partial charge on any atom is 0.171 e. The van der Waals surface area contributed by atoms with Crippen LogP contribution in [0.15, 0.2) is 0 Å². The van der Waals surface area contributed by atoms with E-state index in [0.717, 1.165) is 19.3 Å². The molecule has 2 saturated heterocycles. The summed E-state index contributed by atoms with van der Waals surface area (Å²) in [6, 6.07) is 0. The Bertz CT molecular complexity index is 197. The quantitative estimate of drug-likeness (QED) is 0.602. The van der Waals surface area contributed by atoms with Crippen LogP contribution in [-0.2, 0) is 4.74 Å². The van der Waals surface area contributed by atoms with Crippen LogP contribution in [-0.4, -0.2) is 17.0 Å². The van der Waals surface area contributed by atoms with Crippen molar-refractivity contribution in [2.45, 2.75) is 51.9 Å². The lowest BCUT2D eigenvalue weighted by molar-refractivity contribution is -0.292. The molecule has 2 heteroatoms. The summed E-state index contributed by atoms with van der Waals surface area (Å²) in [6.45, 7) is 6.43. The fourth-order valence-corrected chi connectivity index (χ4v) is 2.46. The number of ether oxygens (including phenoxy) is 1. The Kier molecular flexibility index (Phi) is 1.59. The van der Waals surface area contributed by atoms with E-state index in [0.29, 0.717) is 12.0 Å². The molecule has 2 bridgehead atoms. The van der Waals surface area contributed by atoms with E-state index in [1.165, 1.54) is 0 Å². The summed E-state index contributed by atoms with van der Waals surface area (Å²) < 4.78 is 5.63. The van der Waals surface area contributed by atoms with E-state index < -0.39 is 5.79 Å². The van der Waals surface area contributed by atoms with Crippen LogP contribution in [0.4, 0.5) is 0 Å².